The molecule has 0 N–H and O–H groups in total. The highest BCUT2D eigenvalue weighted by Crippen LogP contribution is 2.40. The lowest BCUT2D eigenvalue weighted by Gasteiger charge is -2.31. The molecule has 8 rings (SSSR count). The first-order chi connectivity index (χ1) is 19.5. The lowest BCUT2D eigenvalue weighted by atomic mass is 9.86. The number of rotatable bonds is 2. The van der Waals surface area contributed by atoms with Crippen LogP contribution >= 0.6 is 0 Å². The summed E-state index contributed by atoms with van der Waals surface area (Å²) in [5, 5.41) is 2.36. The van der Waals surface area contributed by atoms with Gasteiger partial charge in [0.15, 0.2) is 0 Å². The summed E-state index contributed by atoms with van der Waals surface area (Å²) in [7, 11) is 0. The van der Waals surface area contributed by atoms with Gasteiger partial charge in [-0.15, -0.1) is 0 Å². The number of nitrogens with zero attached hydrogens (tertiary/aromatic N) is 4. The van der Waals surface area contributed by atoms with Gasteiger partial charge in [0, 0.05) is 43.8 Å². The van der Waals surface area contributed by atoms with Gasteiger partial charge in [-0.3, -0.25) is 19.2 Å². The molecule has 0 spiro atoms. The standard InChI is InChI=1S/C32H16N4O4/c37-29-19-11-13-21-28-22(32(40)36(31(21)39)26-16-10-18-6-2-4-8-24(18)34-26)14-12-20(27(19)28)30(38)35(29)25-15-9-17-5-1-3-7-23(17)33-25/h1-16H. The van der Waals surface area contributed by atoms with Crippen LogP contribution < -0.4 is 9.80 Å². The maximum atomic E-state index is 13.7. The van der Waals surface area contributed by atoms with Crippen LogP contribution in [0.2, 0.25) is 0 Å². The maximum Gasteiger partial charge on any atom is 0.267 e. The highest BCUT2D eigenvalue weighted by Gasteiger charge is 2.41. The van der Waals surface area contributed by atoms with E-state index in [-0.39, 0.29) is 33.9 Å². The number of hydrogen-bond donors (Lipinski definition) is 0. The zero-order valence-corrected chi connectivity index (χ0v) is 20.7. The zero-order valence-electron chi connectivity index (χ0n) is 20.7. The van der Waals surface area contributed by atoms with Crippen LogP contribution in [0.3, 0.4) is 0 Å². The van der Waals surface area contributed by atoms with E-state index in [4.69, 9.17) is 0 Å². The molecule has 0 unspecified atom stereocenters. The number of pyridine rings is 2. The van der Waals surface area contributed by atoms with E-state index in [9.17, 15) is 19.2 Å². The molecule has 2 aliphatic rings. The van der Waals surface area contributed by atoms with E-state index in [0.29, 0.717) is 21.8 Å². The van der Waals surface area contributed by atoms with Gasteiger partial charge in [0.1, 0.15) is 11.6 Å². The fraction of sp³-hybridized carbons (Fsp3) is 0. The minimum absolute atomic E-state index is 0.202. The van der Waals surface area contributed by atoms with Crippen molar-refractivity contribution >= 4 is 67.8 Å². The third-order valence-electron chi connectivity index (χ3n) is 7.52. The van der Waals surface area contributed by atoms with Crippen LogP contribution in [0.5, 0.6) is 0 Å². The zero-order chi connectivity index (χ0) is 27.1. The number of para-hydroxylation sites is 2. The van der Waals surface area contributed by atoms with Gasteiger partial charge in [0.05, 0.1) is 11.0 Å². The maximum absolute atomic E-state index is 13.7. The Kier molecular flexibility index (Phi) is 4.38. The Labute approximate surface area is 226 Å². The third-order valence-corrected chi connectivity index (χ3v) is 7.52. The summed E-state index contributed by atoms with van der Waals surface area (Å²) < 4.78 is 0. The van der Waals surface area contributed by atoms with Crippen molar-refractivity contribution in [2.45, 2.75) is 0 Å². The van der Waals surface area contributed by atoms with Gasteiger partial charge in [0.2, 0.25) is 0 Å². The summed E-state index contributed by atoms with van der Waals surface area (Å²) >= 11 is 0. The largest absolute Gasteiger partial charge is 0.268 e. The van der Waals surface area contributed by atoms with Crippen LogP contribution in [0.1, 0.15) is 41.4 Å². The first-order valence-corrected chi connectivity index (χ1v) is 12.6. The number of hydrogen-bond acceptors (Lipinski definition) is 6. The van der Waals surface area contributed by atoms with Crippen LogP contribution in [-0.4, -0.2) is 33.6 Å². The fourth-order valence-corrected chi connectivity index (χ4v) is 5.65. The average Bonchev–Trinajstić information content (AvgIpc) is 2.99. The van der Waals surface area contributed by atoms with E-state index in [1.807, 2.05) is 48.5 Å². The number of amides is 4. The summed E-state index contributed by atoms with van der Waals surface area (Å²) in [6, 6.07) is 27.9. The number of anilines is 2. The summed E-state index contributed by atoms with van der Waals surface area (Å²) in [6.07, 6.45) is 0. The molecule has 40 heavy (non-hydrogen) atoms. The van der Waals surface area contributed by atoms with Crippen molar-refractivity contribution in [3.63, 3.8) is 0 Å². The number of carbonyl (C=O) groups excluding carboxylic acids is 4. The van der Waals surface area contributed by atoms with E-state index >= 15 is 0 Å². The minimum atomic E-state index is -0.567. The molecule has 0 bridgehead atoms. The topological polar surface area (TPSA) is 101 Å². The molecule has 4 amide bonds. The lowest BCUT2D eigenvalue weighted by molar-refractivity contribution is 0.0872. The van der Waals surface area contributed by atoms with E-state index in [1.54, 1.807) is 24.3 Å². The molecule has 8 heteroatoms. The molecule has 0 aliphatic carbocycles. The fourth-order valence-electron chi connectivity index (χ4n) is 5.65. The normalized spacial score (nSPS) is 14.6. The molecule has 0 saturated carbocycles. The summed E-state index contributed by atoms with van der Waals surface area (Å²) in [6.45, 7) is 0. The van der Waals surface area contributed by atoms with Crippen molar-refractivity contribution in [2.24, 2.45) is 0 Å². The van der Waals surface area contributed by atoms with E-state index in [2.05, 4.69) is 9.97 Å². The molecule has 2 aliphatic heterocycles. The Bertz CT molecular complexity index is 1950. The predicted molar refractivity (Wildman–Crippen MR) is 150 cm³/mol. The molecule has 188 valence electrons. The quantitative estimate of drug-likeness (QED) is 0.278. The highest BCUT2D eigenvalue weighted by molar-refractivity contribution is 6.42. The Morgan fingerprint density at radius 3 is 1.12 bits per heavy atom. The smallest absolute Gasteiger partial charge is 0.267 e. The van der Waals surface area contributed by atoms with E-state index in [1.165, 1.54) is 24.3 Å². The molecule has 2 aromatic heterocycles. The Morgan fingerprint density at radius 2 is 0.750 bits per heavy atom. The Balaban J connectivity index is 1.28. The van der Waals surface area contributed by atoms with Gasteiger partial charge in [-0.2, -0.15) is 0 Å². The van der Waals surface area contributed by atoms with Crippen LogP contribution in [0, 0.1) is 0 Å². The molecule has 0 atom stereocenters. The van der Waals surface area contributed by atoms with Crippen LogP contribution in [0.15, 0.2) is 97.1 Å². The van der Waals surface area contributed by atoms with Crippen molar-refractivity contribution in [1.82, 2.24) is 9.97 Å². The SMILES string of the molecule is O=C1c2ccc3c4c(ccc(c24)C(=O)N1c1ccc2ccccc2n1)C(=O)N(c1ccc2ccccc2n1)C3=O. The average molecular weight is 521 g/mol. The molecule has 8 nitrogen and oxygen atoms in total. The van der Waals surface area contributed by atoms with Gasteiger partial charge < -0.3 is 0 Å². The summed E-state index contributed by atoms with van der Waals surface area (Å²) in [5.74, 6) is -1.86. The van der Waals surface area contributed by atoms with E-state index in [0.717, 1.165) is 20.6 Å². The molecular formula is C32H16N4O4. The molecular weight excluding hydrogens is 504 g/mol. The Morgan fingerprint density at radius 1 is 0.400 bits per heavy atom. The van der Waals surface area contributed by atoms with Crippen molar-refractivity contribution in [3.8, 4) is 0 Å². The summed E-state index contributed by atoms with van der Waals surface area (Å²) in [4.78, 5) is 66.1. The van der Waals surface area contributed by atoms with Crippen molar-refractivity contribution in [3.05, 3.63) is 119 Å². The van der Waals surface area contributed by atoms with Crippen molar-refractivity contribution in [1.29, 1.82) is 0 Å². The lowest BCUT2D eigenvalue weighted by Crippen LogP contribution is -2.44. The van der Waals surface area contributed by atoms with Gasteiger partial charge in [-0.05, 0) is 60.7 Å². The second kappa shape index (κ2) is 7.87. The van der Waals surface area contributed by atoms with Gasteiger partial charge in [-0.1, -0.05) is 36.4 Å². The third kappa shape index (κ3) is 2.90. The molecule has 4 aromatic carbocycles. The first-order valence-electron chi connectivity index (χ1n) is 12.6. The number of benzene rings is 4. The first kappa shape index (κ1) is 22.2. The number of imide groups is 2. The van der Waals surface area contributed by atoms with Gasteiger partial charge in [-0.25, -0.2) is 19.8 Å². The minimum Gasteiger partial charge on any atom is -0.268 e. The highest BCUT2D eigenvalue weighted by atomic mass is 16.2. The molecule has 0 radical (unpaired) electrons. The van der Waals surface area contributed by atoms with Crippen LogP contribution in [-0.2, 0) is 0 Å². The van der Waals surface area contributed by atoms with Crippen LogP contribution in [0.4, 0.5) is 11.6 Å². The monoisotopic (exact) mass is 520 g/mol. The molecule has 0 fully saturated rings. The number of fused-ring (bicyclic) bond motifs is 2. The van der Waals surface area contributed by atoms with Crippen LogP contribution in [0.25, 0.3) is 32.6 Å². The second-order valence-corrected chi connectivity index (χ2v) is 9.69. The molecule has 6 aromatic rings. The number of carbonyl (C=O) groups is 4. The van der Waals surface area contributed by atoms with Gasteiger partial charge in [0.25, 0.3) is 23.6 Å². The molecule has 4 heterocycles. The second-order valence-electron chi connectivity index (χ2n) is 9.69. The summed E-state index contributed by atoms with van der Waals surface area (Å²) in [5.41, 5.74) is 2.20. The molecule has 0 saturated heterocycles. The predicted octanol–water partition coefficient (Wildman–Crippen LogP) is 5.54. The van der Waals surface area contributed by atoms with Crippen molar-refractivity contribution in [2.75, 3.05) is 9.80 Å². The van der Waals surface area contributed by atoms with Crippen molar-refractivity contribution < 1.29 is 19.2 Å². The van der Waals surface area contributed by atoms with Gasteiger partial charge >= 0.3 is 0 Å². The Hall–Kier alpha value is -5.76. The van der Waals surface area contributed by atoms with E-state index < -0.39 is 23.6 Å². The number of aromatic nitrogens is 2.